The second-order valence-corrected chi connectivity index (χ2v) is 4.24. The molecule has 3 heteroatoms. The fraction of sp³-hybridized carbons (Fsp3) is 0.222. The lowest BCUT2D eigenvalue weighted by Gasteiger charge is -2.09. The van der Waals surface area contributed by atoms with E-state index in [2.05, 4.69) is 35.2 Å². The first-order chi connectivity index (χ1) is 5.66. The lowest BCUT2D eigenvalue weighted by Crippen LogP contribution is -1.98. The van der Waals surface area contributed by atoms with Crippen molar-refractivity contribution in [3.63, 3.8) is 0 Å². The molecule has 12 heavy (non-hydrogen) atoms. The van der Waals surface area contributed by atoms with Gasteiger partial charge in [0.25, 0.3) is 0 Å². The highest BCUT2D eigenvalue weighted by Gasteiger charge is 2.10. The minimum Gasteiger partial charge on any atom is -0.303 e. The predicted octanol–water partition coefficient (Wildman–Crippen LogP) is 2.88. The number of thiol groups is 1. The summed E-state index contributed by atoms with van der Waals surface area (Å²) < 4.78 is 1.10. The minimum atomic E-state index is -0.0643. The van der Waals surface area contributed by atoms with Crippen LogP contribution in [0.4, 0.5) is 0 Å². The van der Waals surface area contributed by atoms with E-state index in [1.165, 1.54) is 0 Å². The SMILES string of the molecule is CC(C=O)c1c(S)cccc1I. The van der Waals surface area contributed by atoms with Gasteiger partial charge in [0.2, 0.25) is 0 Å². The summed E-state index contributed by atoms with van der Waals surface area (Å²) in [6, 6.07) is 5.82. The Labute approximate surface area is 91.1 Å². The number of benzene rings is 1. The van der Waals surface area contributed by atoms with E-state index in [-0.39, 0.29) is 5.92 Å². The van der Waals surface area contributed by atoms with Gasteiger partial charge in [-0.1, -0.05) is 13.0 Å². The molecular weight excluding hydrogens is 283 g/mol. The maximum atomic E-state index is 10.6. The topological polar surface area (TPSA) is 17.1 Å². The van der Waals surface area contributed by atoms with E-state index >= 15 is 0 Å². The molecule has 0 spiro atoms. The number of rotatable bonds is 2. The molecule has 0 bridgehead atoms. The van der Waals surface area contributed by atoms with Gasteiger partial charge >= 0.3 is 0 Å². The van der Waals surface area contributed by atoms with Gasteiger partial charge < -0.3 is 4.79 Å². The molecule has 0 aromatic heterocycles. The molecule has 1 unspecified atom stereocenters. The van der Waals surface area contributed by atoms with Gasteiger partial charge in [0.1, 0.15) is 6.29 Å². The summed E-state index contributed by atoms with van der Waals surface area (Å²) in [6.07, 6.45) is 0.942. The highest BCUT2D eigenvalue weighted by Crippen LogP contribution is 2.26. The molecule has 1 atom stereocenters. The molecule has 0 heterocycles. The van der Waals surface area contributed by atoms with E-state index in [0.717, 1.165) is 20.3 Å². The van der Waals surface area contributed by atoms with Crippen LogP contribution in [0, 0.1) is 3.57 Å². The van der Waals surface area contributed by atoms with Crippen LogP contribution in [0.5, 0.6) is 0 Å². The van der Waals surface area contributed by atoms with Crippen LogP contribution in [0.25, 0.3) is 0 Å². The summed E-state index contributed by atoms with van der Waals surface area (Å²) in [4.78, 5) is 11.5. The molecule has 0 saturated heterocycles. The van der Waals surface area contributed by atoms with Crippen molar-refractivity contribution in [2.45, 2.75) is 17.7 Å². The molecule has 0 aliphatic heterocycles. The van der Waals surface area contributed by atoms with Gasteiger partial charge in [-0.15, -0.1) is 12.6 Å². The number of carbonyl (C=O) groups is 1. The fourth-order valence-corrected chi connectivity index (χ4v) is 2.66. The first-order valence-electron chi connectivity index (χ1n) is 3.59. The Morgan fingerprint density at radius 2 is 2.25 bits per heavy atom. The minimum absolute atomic E-state index is 0.0643. The Morgan fingerprint density at radius 3 is 2.75 bits per heavy atom. The van der Waals surface area contributed by atoms with Crippen molar-refractivity contribution < 1.29 is 4.79 Å². The normalized spacial score (nSPS) is 12.6. The van der Waals surface area contributed by atoms with Crippen molar-refractivity contribution in [1.82, 2.24) is 0 Å². The monoisotopic (exact) mass is 292 g/mol. The van der Waals surface area contributed by atoms with Crippen molar-refractivity contribution in [2.75, 3.05) is 0 Å². The largest absolute Gasteiger partial charge is 0.303 e. The quantitative estimate of drug-likeness (QED) is 0.504. The summed E-state index contributed by atoms with van der Waals surface area (Å²) in [5.41, 5.74) is 1.02. The van der Waals surface area contributed by atoms with E-state index in [9.17, 15) is 4.79 Å². The molecule has 0 aliphatic rings. The Morgan fingerprint density at radius 1 is 1.58 bits per heavy atom. The van der Waals surface area contributed by atoms with Gasteiger partial charge in [0.15, 0.2) is 0 Å². The second-order valence-electron chi connectivity index (χ2n) is 2.60. The Kier molecular flexibility index (Phi) is 3.58. The summed E-state index contributed by atoms with van der Waals surface area (Å²) >= 11 is 6.51. The average molecular weight is 292 g/mol. The molecule has 0 N–H and O–H groups in total. The molecule has 1 aromatic rings. The van der Waals surface area contributed by atoms with Gasteiger partial charge in [0.05, 0.1) is 0 Å². The summed E-state index contributed by atoms with van der Waals surface area (Å²) in [6.45, 7) is 1.88. The summed E-state index contributed by atoms with van der Waals surface area (Å²) in [5, 5.41) is 0. The van der Waals surface area contributed by atoms with Gasteiger partial charge in [-0.3, -0.25) is 0 Å². The highest BCUT2D eigenvalue weighted by atomic mass is 127. The average Bonchev–Trinajstić information content (AvgIpc) is 2.03. The lowest BCUT2D eigenvalue weighted by molar-refractivity contribution is -0.108. The zero-order chi connectivity index (χ0) is 9.14. The standard InChI is InChI=1S/C9H9IOS/c1-6(5-11)9-7(10)3-2-4-8(9)12/h2-6,12H,1H3. The van der Waals surface area contributed by atoms with Crippen LogP contribution in [0.15, 0.2) is 23.1 Å². The zero-order valence-corrected chi connectivity index (χ0v) is 9.67. The molecule has 0 amide bonds. The maximum absolute atomic E-state index is 10.6. The molecule has 64 valence electrons. The third-order valence-corrected chi connectivity index (χ3v) is 3.02. The third kappa shape index (κ3) is 2.01. The summed E-state index contributed by atoms with van der Waals surface area (Å²) in [5.74, 6) is -0.0643. The van der Waals surface area contributed by atoms with Crippen LogP contribution in [0.1, 0.15) is 18.4 Å². The Hall–Kier alpha value is -0.0300. The number of halogens is 1. The van der Waals surface area contributed by atoms with Gasteiger partial charge in [-0.2, -0.15) is 0 Å². The van der Waals surface area contributed by atoms with Crippen LogP contribution in [0.2, 0.25) is 0 Å². The highest BCUT2D eigenvalue weighted by molar-refractivity contribution is 14.1. The zero-order valence-electron chi connectivity index (χ0n) is 6.62. The van der Waals surface area contributed by atoms with Crippen molar-refractivity contribution in [3.8, 4) is 0 Å². The van der Waals surface area contributed by atoms with Crippen LogP contribution in [-0.2, 0) is 4.79 Å². The van der Waals surface area contributed by atoms with E-state index in [1.54, 1.807) is 0 Å². The fourth-order valence-electron chi connectivity index (χ4n) is 1.04. The van der Waals surface area contributed by atoms with Gasteiger partial charge in [-0.25, -0.2) is 0 Å². The Balaban J connectivity index is 3.20. The van der Waals surface area contributed by atoms with Crippen LogP contribution >= 0.6 is 35.2 Å². The predicted molar refractivity (Wildman–Crippen MR) is 60.9 cm³/mol. The van der Waals surface area contributed by atoms with E-state index in [1.807, 2.05) is 25.1 Å². The Bertz CT molecular complexity index is 278. The second kappa shape index (κ2) is 4.28. The smallest absolute Gasteiger partial charge is 0.127 e. The first-order valence-corrected chi connectivity index (χ1v) is 5.12. The van der Waals surface area contributed by atoms with Crippen molar-refractivity contribution in [3.05, 3.63) is 27.3 Å². The van der Waals surface area contributed by atoms with Crippen LogP contribution < -0.4 is 0 Å². The van der Waals surface area contributed by atoms with E-state index in [0.29, 0.717) is 0 Å². The molecular formula is C9H9IOS. The molecule has 0 saturated carbocycles. The molecule has 1 nitrogen and oxygen atoms in total. The van der Waals surface area contributed by atoms with Crippen molar-refractivity contribution >= 4 is 41.5 Å². The van der Waals surface area contributed by atoms with Gasteiger partial charge in [0, 0.05) is 14.4 Å². The number of aldehydes is 1. The van der Waals surface area contributed by atoms with Gasteiger partial charge in [-0.05, 0) is 40.3 Å². The summed E-state index contributed by atoms with van der Waals surface area (Å²) in [7, 11) is 0. The van der Waals surface area contributed by atoms with E-state index in [4.69, 9.17) is 0 Å². The molecule has 0 radical (unpaired) electrons. The van der Waals surface area contributed by atoms with Crippen LogP contribution in [-0.4, -0.2) is 6.29 Å². The number of hydrogen-bond donors (Lipinski definition) is 1. The molecule has 0 fully saturated rings. The lowest BCUT2D eigenvalue weighted by atomic mass is 10.0. The van der Waals surface area contributed by atoms with Crippen molar-refractivity contribution in [2.24, 2.45) is 0 Å². The molecule has 1 rings (SSSR count). The molecule has 1 aromatic carbocycles. The maximum Gasteiger partial charge on any atom is 0.127 e. The molecule has 0 aliphatic carbocycles. The van der Waals surface area contributed by atoms with E-state index < -0.39 is 0 Å². The first kappa shape index (κ1) is 10.1. The van der Waals surface area contributed by atoms with Crippen molar-refractivity contribution in [1.29, 1.82) is 0 Å². The van der Waals surface area contributed by atoms with Crippen LogP contribution in [0.3, 0.4) is 0 Å². The number of carbonyl (C=O) groups excluding carboxylic acids is 1. The third-order valence-electron chi connectivity index (χ3n) is 1.69. The number of hydrogen-bond acceptors (Lipinski definition) is 2.